The van der Waals surface area contributed by atoms with Crippen LogP contribution in [-0.2, 0) is 9.59 Å². The fourth-order valence-electron chi connectivity index (χ4n) is 2.98. The van der Waals surface area contributed by atoms with E-state index in [4.69, 9.17) is 4.74 Å². The lowest BCUT2D eigenvalue weighted by molar-refractivity contribution is -0.165. The number of allylic oxidation sites excluding steroid dienone is 1. The SMILES string of the molecule is CCCCCCCCCCCCNC(=O)COc1ccc(/C=C/C(=O)C(F)(F)F)cc1. The molecule has 0 aromatic heterocycles. The fraction of sp³-hybridized carbons (Fsp3) is 0.583. The van der Waals surface area contributed by atoms with Crippen molar-refractivity contribution in [2.24, 2.45) is 0 Å². The lowest BCUT2D eigenvalue weighted by Crippen LogP contribution is -2.29. The Labute approximate surface area is 183 Å². The van der Waals surface area contributed by atoms with E-state index >= 15 is 0 Å². The van der Waals surface area contributed by atoms with Crippen molar-refractivity contribution in [1.82, 2.24) is 5.32 Å². The number of hydrogen-bond acceptors (Lipinski definition) is 3. The Morgan fingerprint density at radius 3 is 2.00 bits per heavy atom. The predicted molar refractivity (Wildman–Crippen MR) is 117 cm³/mol. The molecule has 31 heavy (non-hydrogen) atoms. The Hall–Kier alpha value is -2.31. The minimum absolute atomic E-state index is 0.125. The van der Waals surface area contributed by atoms with Gasteiger partial charge < -0.3 is 10.1 Å². The number of amides is 1. The minimum Gasteiger partial charge on any atom is -0.484 e. The molecule has 0 fully saturated rings. The fourth-order valence-corrected chi connectivity index (χ4v) is 2.98. The van der Waals surface area contributed by atoms with E-state index < -0.39 is 12.0 Å². The van der Waals surface area contributed by atoms with Crippen molar-refractivity contribution in [3.8, 4) is 5.75 Å². The summed E-state index contributed by atoms with van der Waals surface area (Å²) in [6, 6.07) is 6.09. The molecule has 7 heteroatoms. The van der Waals surface area contributed by atoms with Crippen LogP contribution in [0, 0.1) is 0 Å². The average molecular weight is 442 g/mol. The molecule has 4 nitrogen and oxygen atoms in total. The Bertz CT molecular complexity index is 670. The maximum Gasteiger partial charge on any atom is 0.454 e. The summed E-state index contributed by atoms with van der Waals surface area (Å²) in [5.74, 6) is -1.70. The molecular weight excluding hydrogens is 407 g/mol. The van der Waals surface area contributed by atoms with E-state index in [1.54, 1.807) is 0 Å². The van der Waals surface area contributed by atoms with Gasteiger partial charge in [-0.25, -0.2) is 0 Å². The van der Waals surface area contributed by atoms with E-state index in [1.807, 2.05) is 0 Å². The summed E-state index contributed by atoms with van der Waals surface area (Å²) in [6.45, 7) is 2.72. The summed E-state index contributed by atoms with van der Waals surface area (Å²) >= 11 is 0. The first-order valence-corrected chi connectivity index (χ1v) is 11.1. The number of carbonyl (C=O) groups excluding carboxylic acids is 2. The minimum atomic E-state index is -4.87. The molecule has 0 aliphatic heterocycles. The van der Waals surface area contributed by atoms with Gasteiger partial charge in [-0.2, -0.15) is 13.2 Å². The van der Waals surface area contributed by atoms with Crippen LogP contribution in [0.5, 0.6) is 5.75 Å². The number of nitrogens with one attached hydrogen (secondary N) is 1. The highest BCUT2D eigenvalue weighted by Gasteiger charge is 2.35. The quantitative estimate of drug-likeness (QED) is 0.244. The third kappa shape index (κ3) is 13.6. The first-order chi connectivity index (χ1) is 14.8. The van der Waals surface area contributed by atoms with Crippen molar-refractivity contribution < 1.29 is 27.5 Å². The predicted octanol–water partition coefficient (Wildman–Crippen LogP) is 6.25. The highest BCUT2D eigenvalue weighted by atomic mass is 19.4. The van der Waals surface area contributed by atoms with E-state index in [2.05, 4.69) is 12.2 Å². The highest BCUT2D eigenvalue weighted by Crippen LogP contribution is 2.18. The van der Waals surface area contributed by atoms with E-state index in [0.717, 1.165) is 18.9 Å². The molecule has 0 saturated carbocycles. The third-order valence-corrected chi connectivity index (χ3v) is 4.81. The van der Waals surface area contributed by atoms with Crippen LogP contribution in [-0.4, -0.2) is 31.0 Å². The summed E-state index contributed by atoms with van der Waals surface area (Å²) in [5.41, 5.74) is 0.426. The van der Waals surface area contributed by atoms with Crippen molar-refractivity contribution in [1.29, 1.82) is 0 Å². The summed E-state index contributed by atoms with van der Waals surface area (Å²) in [7, 11) is 0. The molecule has 174 valence electrons. The van der Waals surface area contributed by atoms with Crippen LogP contribution in [0.4, 0.5) is 13.2 Å². The molecule has 0 bridgehead atoms. The Morgan fingerprint density at radius 1 is 0.903 bits per heavy atom. The molecule has 0 radical (unpaired) electrons. The number of halogens is 3. The first kappa shape index (κ1) is 26.7. The number of unbranched alkanes of at least 4 members (excludes halogenated alkanes) is 9. The number of alkyl halides is 3. The molecule has 1 rings (SSSR count). The molecule has 0 aliphatic carbocycles. The molecule has 0 atom stereocenters. The van der Waals surface area contributed by atoms with Crippen molar-refractivity contribution in [3.63, 3.8) is 0 Å². The third-order valence-electron chi connectivity index (χ3n) is 4.81. The number of hydrogen-bond donors (Lipinski definition) is 1. The number of ether oxygens (including phenoxy) is 1. The van der Waals surface area contributed by atoms with E-state index in [9.17, 15) is 22.8 Å². The van der Waals surface area contributed by atoms with Crippen molar-refractivity contribution in [2.45, 2.75) is 77.3 Å². The molecular formula is C24H34F3NO3. The van der Waals surface area contributed by atoms with Crippen molar-refractivity contribution in [3.05, 3.63) is 35.9 Å². The summed E-state index contributed by atoms with van der Waals surface area (Å²) in [4.78, 5) is 22.6. The van der Waals surface area contributed by atoms with Gasteiger partial charge >= 0.3 is 6.18 Å². The number of rotatable bonds is 16. The summed E-state index contributed by atoms with van der Waals surface area (Å²) in [6.07, 6.45) is 9.06. The van der Waals surface area contributed by atoms with Gasteiger partial charge in [0.15, 0.2) is 6.61 Å². The van der Waals surface area contributed by atoms with Crippen LogP contribution in [0.2, 0.25) is 0 Å². The zero-order chi connectivity index (χ0) is 23.0. The van der Waals surface area contributed by atoms with Gasteiger partial charge in [0.25, 0.3) is 11.7 Å². The van der Waals surface area contributed by atoms with Gasteiger partial charge in [0, 0.05) is 6.54 Å². The van der Waals surface area contributed by atoms with E-state index in [0.29, 0.717) is 23.9 Å². The van der Waals surface area contributed by atoms with Gasteiger partial charge in [0.1, 0.15) is 5.75 Å². The maximum atomic E-state index is 12.2. The Kier molecular flexibility index (Phi) is 13.3. The largest absolute Gasteiger partial charge is 0.484 e. The Morgan fingerprint density at radius 2 is 1.45 bits per heavy atom. The molecule has 1 aromatic carbocycles. The van der Waals surface area contributed by atoms with Gasteiger partial charge in [0.2, 0.25) is 0 Å². The number of carbonyl (C=O) groups is 2. The number of benzene rings is 1. The van der Waals surface area contributed by atoms with Crippen molar-refractivity contribution in [2.75, 3.05) is 13.2 Å². The first-order valence-electron chi connectivity index (χ1n) is 11.1. The van der Waals surface area contributed by atoms with Crippen LogP contribution >= 0.6 is 0 Å². The smallest absolute Gasteiger partial charge is 0.454 e. The van der Waals surface area contributed by atoms with Crippen molar-refractivity contribution >= 4 is 17.8 Å². The van der Waals surface area contributed by atoms with Gasteiger partial charge in [-0.1, -0.05) is 82.9 Å². The topological polar surface area (TPSA) is 55.4 Å². The normalized spacial score (nSPS) is 11.6. The summed E-state index contributed by atoms with van der Waals surface area (Å²) < 4.78 is 41.9. The van der Waals surface area contributed by atoms with Gasteiger partial charge in [-0.3, -0.25) is 9.59 Å². The van der Waals surface area contributed by atoms with Gasteiger partial charge in [-0.05, 0) is 30.2 Å². The molecule has 1 N–H and O–H groups in total. The molecule has 0 heterocycles. The van der Waals surface area contributed by atoms with Crippen LogP contribution in [0.25, 0.3) is 6.08 Å². The van der Waals surface area contributed by atoms with Gasteiger partial charge in [-0.15, -0.1) is 0 Å². The average Bonchev–Trinajstić information content (AvgIpc) is 2.74. The standard InChI is InChI=1S/C24H34F3NO3/c1-2-3-4-5-6-7-8-9-10-11-18-28-23(30)19-31-21-15-12-20(13-16-21)14-17-22(29)24(25,26)27/h12-17H,2-11,18-19H2,1H3,(H,28,30)/b17-14+. The van der Waals surface area contributed by atoms with E-state index in [1.165, 1.54) is 75.6 Å². The maximum absolute atomic E-state index is 12.2. The highest BCUT2D eigenvalue weighted by molar-refractivity contribution is 5.97. The molecule has 0 aliphatic rings. The second-order valence-corrected chi connectivity index (χ2v) is 7.58. The van der Waals surface area contributed by atoms with Crippen LogP contribution in [0.15, 0.2) is 30.3 Å². The second kappa shape index (κ2) is 15.5. The lowest BCUT2D eigenvalue weighted by atomic mass is 10.1. The van der Waals surface area contributed by atoms with Crippen LogP contribution in [0.1, 0.15) is 76.7 Å². The summed E-state index contributed by atoms with van der Waals surface area (Å²) in [5, 5.41) is 2.82. The van der Waals surface area contributed by atoms with Gasteiger partial charge in [0.05, 0.1) is 0 Å². The molecule has 1 amide bonds. The second-order valence-electron chi connectivity index (χ2n) is 7.58. The molecule has 0 saturated heterocycles. The lowest BCUT2D eigenvalue weighted by Gasteiger charge is -2.08. The molecule has 0 unspecified atom stereocenters. The molecule has 1 aromatic rings. The molecule has 0 spiro atoms. The monoisotopic (exact) mass is 441 g/mol. The Balaban J connectivity index is 2.10. The zero-order valence-corrected chi connectivity index (χ0v) is 18.3. The van der Waals surface area contributed by atoms with Crippen LogP contribution < -0.4 is 10.1 Å². The zero-order valence-electron chi connectivity index (χ0n) is 18.3. The number of ketones is 1. The van der Waals surface area contributed by atoms with Crippen LogP contribution in [0.3, 0.4) is 0 Å². The van der Waals surface area contributed by atoms with E-state index in [-0.39, 0.29) is 12.5 Å².